The summed E-state index contributed by atoms with van der Waals surface area (Å²) in [5, 5.41) is 3.28. The second-order valence-corrected chi connectivity index (χ2v) is 7.45. The molecule has 1 atom stereocenters. The Balaban J connectivity index is 1.60. The van der Waals surface area contributed by atoms with Gasteiger partial charge in [-0.25, -0.2) is 0 Å². The Kier molecular flexibility index (Phi) is 6.88. The van der Waals surface area contributed by atoms with E-state index in [-0.39, 0.29) is 6.10 Å². The Bertz CT molecular complexity index is 745. The summed E-state index contributed by atoms with van der Waals surface area (Å²) >= 11 is 8.92. The molecule has 0 bridgehead atoms. The summed E-state index contributed by atoms with van der Waals surface area (Å²) in [5.74, 6) is 1.36. The van der Waals surface area contributed by atoms with Crippen LogP contribution >= 0.6 is 28.1 Å². The van der Waals surface area contributed by atoms with E-state index in [1.54, 1.807) is 7.11 Å². The van der Waals surface area contributed by atoms with Crippen molar-refractivity contribution in [3.8, 4) is 11.5 Å². The second kappa shape index (κ2) is 9.35. The summed E-state index contributed by atoms with van der Waals surface area (Å²) in [4.78, 5) is 0.693. The van der Waals surface area contributed by atoms with E-state index in [0.29, 0.717) is 23.1 Å². The molecule has 0 spiro atoms. The summed E-state index contributed by atoms with van der Waals surface area (Å²) in [6.45, 7) is 2.06. The monoisotopic (exact) mass is 435 g/mol. The van der Waals surface area contributed by atoms with E-state index in [1.165, 1.54) is 0 Å². The molecule has 1 fully saturated rings. The zero-order valence-electron chi connectivity index (χ0n) is 14.7. The van der Waals surface area contributed by atoms with Gasteiger partial charge in [0.1, 0.15) is 11.6 Å². The number of rotatable bonds is 7. The molecule has 4 nitrogen and oxygen atoms in total. The van der Waals surface area contributed by atoms with Gasteiger partial charge in [-0.1, -0.05) is 40.3 Å². The van der Waals surface area contributed by atoms with E-state index in [1.807, 2.05) is 42.5 Å². The fourth-order valence-corrected chi connectivity index (χ4v) is 3.26. The largest absolute Gasteiger partial charge is 0.493 e. The quantitative estimate of drug-likeness (QED) is 0.649. The number of methoxy groups -OCH3 is 1. The number of thiocarbonyl (C=S) groups is 1. The normalized spacial score (nSPS) is 16.3. The van der Waals surface area contributed by atoms with E-state index in [2.05, 4.69) is 21.2 Å². The van der Waals surface area contributed by atoms with Gasteiger partial charge in [-0.15, -0.1) is 0 Å². The fourth-order valence-electron chi connectivity index (χ4n) is 2.78. The number of hydrogen-bond donors (Lipinski definition) is 1. The van der Waals surface area contributed by atoms with Crippen LogP contribution in [0.4, 0.5) is 0 Å². The van der Waals surface area contributed by atoms with E-state index < -0.39 is 0 Å². The first kappa shape index (κ1) is 19.1. The molecule has 0 unspecified atom stereocenters. The molecule has 1 aliphatic heterocycles. The first-order valence-electron chi connectivity index (χ1n) is 8.61. The first-order chi connectivity index (χ1) is 12.7. The maximum atomic E-state index is 5.91. The Labute approximate surface area is 168 Å². The fraction of sp³-hybridized carbons (Fsp3) is 0.350. The first-order valence-corrected chi connectivity index (χ1v) is 9.81. The van der Waals surface area contributed by atoms with Crippen molar-refractivity contribution in [1.82, 2.24) is 5.32 Å². The minimum Gasteiger partial charge on any atom is -0.493 e. The van der Waals surface area contributed by atoms with Crippen molar-refractivity contribution in [3.63, 3.8) is 0 Å². The predicted octanol–water partition coefficient (Wildman–Crippen LogP) is 4.48. The lowest BCUT2D eigenvalue weighted by Gasteiger charge is -2.15. The van der Waals surface area contributed by atoms with Gasteiger partial charge in [0.2, 0.25) is 0 Å². The van der Waals surface area contributed by atoms with Gasteiger partial charge in [0.05, 0.1) is 13.2 Å². The van der Waals surface area contributed by atoms with Gasteiger partial charge in [0.15, 0.2) is 11.5 Å². The molecule has 0 amide bonds. The molecule has 1 aliphatic rings. The van der Waals surface area contributed by atoms with Crippen molar-refractivity contribution in [2.45, 2.75) is 25.6 Å². The molecule has 0 aromatic heterocycles. The molecule has 0 saturated carbocycles. The third kappa shape index (κ3) is 5.19. The lowest BCUT2D eigenvalue weighted by Crippen LogP contribution is -2.31. The van der Waals surface area contributed by atoms with E-state index in [9.17, 15) is 0 Å². The second-order valence-electron chi connectivity index (χ2n) is 6.13. The standard InChI is InChI=1S/C20H22BrNO3S/c1-23-19-11-15(20(26)22-12-17-3-2-10-24-17)6-9-18(19)25-13-14-4-7-16(21)8-5-14/h4-9,11,17H,2-3,10,12-13H2,1H3,(H,22,26)/t17-/m1/s1. The molecule has 1 N–H and O–H groups in total. The topological polar surface area (TPSA) is 39.7 Å². The third-order valence-electron chi connectivity index (χ3n) is 4.25. The number of nitrogens with one attached hydrogen (secondary N) is 1. The average molecular weight is 436 g/mol. The van der Waals surface area contributed by atoms with Crippen LogP contribution in [0.1, 0.15) is 24.0 Å². The van der Waals surface area contributed by atoms with Gasteiger partial charge in [0.25, 0.3) is 0 Å². The van der Waals surface area contributed by atoms with Crippen molar-refractivity contribution >= 4 is 33.1 Å². The molecule has 138 valence electrons. The maximum Gasteiger partial charge on any atom is 0.161 e. The molecule has 1 saturated heterocycles. The molecule has 1 heterocycles. The Morgan fingerprint density at radius 3 is 2.73 bits per heavy atom. The lowest BCUT2D eigenvalue weighted by molar-refractivity contribution is 0.114. The molecule has 2 aromatic carbocycles. The maximum absolute atomic E-state index is 5.91. The molecule has 26 heavy (non-hydrogen) atoms. The van der Waals surface area contributed by atoms with Gasteiger partial charge in [-0.05, 0) is 48.7 Å². The van der Waals surface area contributed by atoms with Gasteiger partial charge < -0.3 is 19.5 Å². The van der Waals surface area contributed by atoms with Gasteiger partial charge in [-0.2, -0.15) is 0 Å². The Hall–Kier alpha value is -1.63. The van der Waals surface area contributed by atoms with Crippen LogP contribution in [0.3, 0.4) is 0 Å². The molecule has 0 radical (unpaired) electrons. The third-order valence-corrected chi connectivity index (χ3v) is 5.16. The molecule has 0 aliphatic carbocycles. The highest BCUT2D eigenvalue weighted by Gasteiger charge is 2.16. The van der Waals surface area contributed by atoms with Crippen LogP contribution in [-0.2, 0) is 11.3 Å². The van der Waals surface area contributed by atoms with Crippen LogP contribution in [-0.4, -0.2) is 31.4 Å². The van der Waals surface area contributed by atoms with E-state index >= 15 is 0 Å². The predicted molar refractivity (Wildman–Crippen MR) is 110 cm³/mol. The molecular formula is C20H22BrNO3S. The minimum atomic E-state index is 0.253. The lowest BCUT2D eigenvalue weighted by atomic mass is 10.2. The average Bonchev–Trinajstić information content (AvgIpc) is 3.19. The van der Waals surface area contributed by atoms with Crippen LogP contribution in [0, 0.1) is 0 Å². The van der Waals surface area contributed by atoms with E-state index in [4.69, 9.17) is 26.4 Å². The SMILES string of the molecule is COc1cc(C(=S)NC[C@H]2CCCO2)ccc1OCc1ccc(Br)cc1. The molecule has 3 rings (SSSR count). The van der Waals surface area contributed by atoms with Gasteiger partial charge >= 0.3 is 0 Å². The Morgan fingerprint density at radius 1 is 1.23 bits per heavy atom. The van der Waals surface area contributed by atoms with Crippen LogP contribution in [0.2, 0.25) is 0 Å². The number of ether oxygens (including phenoxy) is 3. The summed E-state index contributed by atoms with van der Waals surface area (Å²) in [5.41, 5.74) is 2.00. The number of hydrogen-bond acceptors (Lipinski definition) is 4. The van der Waals surface area contributed by atoms with Crippen molar-refractivity contribution in [3.05, 3.63) is 58.1 Å². The Morgan fingerprint density at radius 2 is 2.04 bits per heavy atom. The summed E-state index contributed by atoms with van der Waals surface area (Å²) in [6, 6.07) is 13.8. The highest BCUT2D eigenvalue weighted by molar-refractivity contribution is 9.10. The van der Waals surface area contributed by atoms with Crippen molar-refractivity contribution in [1.29, 1.82) is 0 Å². The molecular weight excluding hydrogens is 414 g/mol. The van der Waals surface area contributed by atoms with Crippen LogP contribution in [0.5, 0.6) is 11.5 Å². The van der Waals surface area contributed by atoms with Crippen LogP contribution in [0.15, 0.2) is 46.9 Å². The van der Waals surface area contributed by atoms with Crippen molar-refractivity contribution in [2.75, 3.05) is 20.3 Å². The highest BCUT2D eigenvalue weighted by atomic mass is 79.9. The molecule has 2 aromatic rings. The zero-order chi connectivity index (χ0) is 18.4. The summed E-state index contributed by atoms with van der Waals surface area (Å²) in [6.07, 6.45) is 2.46. The summed E-state index contributed by atoms with van der Waals surface area (Å²) < 4.78 is 18.0. The van der Waals surface area contributed by atoms with Crippen molar-refractivity contribution in [2.24, 2.45) is 0 Å². The summed E-state index contributed by atoms with van der Waals surface area (Å²) in [7, 11) is 1.63. The zero-order valence-corrected chi connectivity index (χ0v) is 17.1. The number of halogens is 1. The van der Waals surface area contributed by atoms with Crippen LogP contribution in [0.25, 0.3) is 0 Å². The van der Waals surface area contributed by atoms with Crippen molar-refractivity contribution < 1.29 is 14.2 Å². The van der Waals surface area contributed by atoms with Crippen LogP contribution < -0.4 is 14.8 Å². The number of benzene rings is 2. The van der Waals surface area contributed by atoms with Gasteiger partial charge in [-0.3, -0.25) is 0 Å². The minimum absolute atomic E-state index is 0.253. The smallest absolute Gasteiger partial charge is 0.161 e. The molecule has 6 heteroatoms. The van der Waals surface area contributed by atoms with Gasteiger partial charge in [0, 0.05) is 23.2 Å². The highest BCUT2D eigenvalue weighted by Crippen LogP contribution is 2.29. The van der Waals surface area contributed by atoms with E-state index in [0.717, 1.165) is 41.6 Å².